The van der Waals surface area contributed by atoms with E-state index in [0.29, 0.717) is 17.7 Å². The Labute approximate surface area is 198 Å². The van der Waals surface area contributed by atoms with Crippen molar-refractivity contribution in [2.75, 3.05) is 7.11 Å². The number of esters is 1. The fraction of sp³-hybridized carbons (Fsp3) is 0.269. The molecule has 7 heteroatoms. The minimum Gasteiger partial charge on any atom is -0.466 e. The van der Waals surface area contributed by atoms with Crippen LogP contribution in [0.15, 0.2) is 88.0 Å². The molecule has 2 aromatic carbocycles. The number of carbonyl (C=O) groups is 2. The predicted molar refractivity (Wildman–Crippen MR) is 131 cm³/mol. The molecule has 0 fully saturated rings. The van der Waals surface area contributed by atoms with Crippen LogP contribution in [-0.2, 0) is 14.3 Å². The molecular weight excluding hydrogens is 434 g/mol. The zero-order valence-corrected chi connectivity index (χ0v) is 19.8. The Balaban J connectivity index is 1.62. The normalized spacial score (nSPS) is 18.3. The summed E-state index contributed by atoms with van der Waals surface area (Å²) in [6.45, 7) is 3.95. The van der Waals surface area contributed by atoms with Gasteiger partial charge in [0.05, 0.1) is 36.9 Å². The van der Waals surface area contributed by atoms with Gasteiger partial charge in [0.25, 0.3) is 0 Å². The van der Waals surface area contributed by atoms with Crippen LogP contribution in [-0.4, -0.2) is 29.1 Å². The predicted octanol–water partition coefficient (Wildman–Crippen LogP) is 5.09. The van der Waals surface area contributed by atoms with Crippen molar-refractivity contribution in [3.8, 4) is 0 Å². The van der Waals surface area contributed by atoms with E-state index in [1.165, 1.54) is 18.9 Å². The number of hydrogen-bond donors (Lipinski definition) is 1. The van der Waals surface area contributed by atoms with Gasteiger partial charge in [0.15, 0.2) is 5.17 Å². The minimum atomic E-state index is -0.401. The van der Waals surface area contributed by atoms with E-state index >= 15 is 0 Å². The van der Waals surface area contributed by atoms with Crippen molar-refractivity contribution in [3.63, 3.8) is 0 Å². The number of amidine groups is 1. The SMILES string of the molecule is CCC1=C(C(=O)OC)[C@@H](c2ccccc2)N2C(CC(=O)N[C@H](C)c3ccccc3)=CSC2=N1. The van der Waals surface area contributed by atoms with Crippen LogP contribution in [0.3, 0.4) is 0 Å². The van der Waals surface area contributed by atoms with Gasteiger partial charge in [-0.2, -0.15) is 0 Å². The Morgan fingerprint density at radius 3 is 2.42 bits per heavy atom. The topological polar surface area (TPSA) is 71.0 Å². The molecule has 6 nitrogen and oxygen atoms in total. The highest BCUT2D eigenvalue weighted by Gasteiger charge is 2.41. The van der Waals surface area contributed by atoms with E-state index in [1.807, 2.05) is 84.8 Å². The lowest BCUT2D eigenvalue weighted by atomic mass is 9.93. The smallest absolute Gasteiger partial charge is 0.338 e. The Morgan fingerprint density at radius 1 is 1.12 bits per heavy atom. The average Bonchev–Trinajstić information content (AvgIpc) is 3.25. The Morgan fingerprint density at radius 2 is 1.79 bits per heavy atom. The van der Waals surface area contributed by atoms with Crippen LogP contribution >= 0.6 is 11.8 Å². The molecule has 0 spiro atoms. The van der Waals surface area contributed by atoms with Crippen LogP contribution in [0.2, 0.25) is 0 Å². The molecule has 0 saturated carbocycles. The van der Waals surface area contributed by atoms with Crippen molar-refractivity contribution in [1.82, 2.24) is 10.2 Å². The average molecular weight is 462 g/mol. The first kappa shape index (κ1) is 22.9. The zero-order valence-electron chi connectivity index (χ0n) is 18.9. The third kappa shape index (κ3) is 4.73. The molecule has 33 heavy (non-hydrogen) atoms. The van der Waals surface area contributed by atoms with E-state index in [9.17, 15) is 9.59 Å². The lowest BCUT2D eigenvalue weighted by Gasteiger charge is -2.36. The molecule has 0 unspecified atom stereocenters. The maximum Gasteiger partial charge on any atom is 0.338 e. The van der Waals surface area contributed by atoms with Crippen molar-refractivity contribution < 1.29 is 14.3 Å². The van der Waals surface area contributed by atoms with Gasteiger partial charge in [-0.3, -0.25) is 4.79 Å². The summed E-state index contributed by atoms with van der Waals surface area (Å²) < 4.78 is 5.14. The fourth-order valence-electron chi connectivity index (χ4n) is 4.15. The Bertz CT molecular complexity index is 1130. The highest BCUT2D eigenvalue weighted by Crippen LogP contribution is 2.45. The van der Waals surface area contributed by atoms with E-state index in [0.717, 1.165) is 22.0 Å². The van der Waals surface area contributed by atoms with Gasteiger partial charge in [-0.15, -0.1) is 0 Å². The summed E-state index contributed by atoms with van der Waals surface area (Å²) >= 11 is 1.48. The third-order valence-electron chi connectivity index (χ3n) is 5.76. The van der Waals surface area contributed by atoms with Gasteiger partial charge in [0.1, 0.15) is 0 Å². The number of benzene rings is 2. The maximum absolute atomic E-state index is 13.0. The number of fused-ring (bicyclic) bond motifs is 1. The number of nitrogens with one attached hydrogen (secondary N) is 1. The summed E-state index contributed by atoms with van der Waals surface area (Å²) in [6.07, 6.45) is 0.790. The molecule has 1 N–H and O–H groups in total. The van der Waals surface area contributed by atoms with Gasteiger partial charge < -0.3 is 15.0 Å². The molecule has 2 aliphatic heterocycles. The molecule has 0 radical (unpaired) electrons. The summed E-state index contributed by atoms with van der Waals surface area (Å²) in [7, 11) is 1.39. The number of rotatable bonds is 7. The number of methoxy groups -OCH3 is 1. The van der Waals surface area contributed by atoms with Gasteiger partial charge in [-0.1, -0.05) is 79.3 Å². The second-order valence-corrected chi connectivity index (χ2v) is 8.72. The maximum atomic E-state index is 13.0. The summed E-state index contributed by atoms with van der Waals surface area (Å²) in [4.78, 5) is 32.6. The minimum absolute atomic E-state index is 0.0869. The van der Waals surface area contributed by atoms with Gasteiger partial charge in [-0.25, -0.2) is 9.79 Å². The van der Waals surface area contributed by atoms with Crippen LogP contribution in [0.25, 0.3) is 0 Å². The van der Waals surface area contributed by atoms with Gasteiger partial charge >= 0.3 is 5.97 Å². The van der Waals surface area contributed by atoms with Crippen molar-refractivity contribution in [3.05, 3.63) is 94.2 Å². The second kappa shape index (κ2) is 10.1. The van der Waals surface area contributed by atoms with E-state index in [4.69, 9.17) is 9.73 Å². The first-order valence-corrected chi connectivity index (χ1v) is 11.9. The van der Waals surface area contributed by atoms with Crippen LogP contribution in [0.5, 0.6) is 0 Å². The molecule has 2 aromatic rings. The molecule has 170 valence electrons. The number of ether oxygens (including phenoxy) is 1. The number of amides is 1. The Kier molecular flexibility index (Phi) is 6.99. The van der Waals surface area contributed by atoms with Crippen molar-refractivity contribution in [1.29, 1.82) is 0 Å². The van der Waals surface area contributed by atoms with Gasteiger partial charge in [0.2, 0.25) is 5.91 Å². The molecule has 4 rings (SSSR count). The monoisotopic (exact) mass is 461 g/mol. The molecule has 0 bridgehead atoms. The molecule has 1 amide bonds. The van der Waals surface area contributed by atoms with Crippen LogP contribution in [0.1, 0.15) is 49.9 Å². The van der Waals surface area contributed by atoms with Crippen LogP contribution < -0.4 is 5.32 Å². The number of hydrogen-bond acceptors (Lipinski definition) is 6. The van der Waals surface area contributed by atoms with Gasteiger partial charge in [-0.05, 0) is 29.9 Å². The van der Waals surface area contributed by atoms with Gasteiger partial charge in [0, 0.05) is 5.70 Å². The van der Waals surface area contributed by atoms with E-state index < -0.39 is 12.0 Å². The summed E-state index contributed by atoms with van der Waals surface area (Å²) in [5.41, 5.74) is 4.03. The van der Waals surface area contributed by atoms with Crippen molar-refractivity contribution >= 4 is 28.8 Å². The summed E-state index contributed by atoms with van der Waals surface area (Å²) in [6, 6.07) is 19.2. The molecule has 0 aliphatic carbocycles. The third-order valence-corrected chi connectivity index (χ3v) is 6.65. The highest BCUT2D eigenvalue weighted by molar-refractivity contribution is 8.16. The van der Waals surface area contributed by atoms with Crippen molar-refractivity contribution in [2.45, 2.75) is 38.8 Å². The van der Waals surface area contributed by atoms with Crippen LogP contribution in [0, 0.1) is 0 Å². The Hall–Kier alpha value is -3.32. The molecule has 0 aromatic heterocycles. The first-order valence-electron chi connectivity index (χ1n) is 11.0. The molecular formula is C26H27N3O3S. The lowest BCUT2D eigenvalue weighted by molar-refractivity contribution is -0.136. The largest absolute Gasteiger partial charge is 0.466 e. The number of aliphatic imine (C=N–C) groups is 1. The summed E-state index contributed by atoms with van der Waals surface area (Å²) in [5, 5.41) is 5.80. The van der Waals surface area contributed by atoms with Crippen molar-refractivity contribution in [2.24, 2.45) is 4.99 Å². The summed E-state index contributed by atoms with van der Waals surface area (Å²) in [5.74, 6) is -0.488. The lowest BCUT2D eigenvalue weighted by Crippen LogP contribution is -2.38. The molecule has 2 aliphatic rings. The quantitative estimate of drug-likeness (QED) is 0.582. The number of thioether (sulfide) groups is 1. The standard InChI is InChI=1S/C26H27N3O3S/c1-4-21-23(25(31)32-3)24(19-13-9-6-10-14-19)29-20(16-33-26(29)28-21)15-22(30)27-17(2)18-11-7-5-8-12-18/h5-14,16-17,24H,4,15H2,1-3H3,(H,27,30)/t17-,24-/m1/s1. The molecule has 2 atom stereocenters. The second-order valence-electron chi connectivity index (χ2n) is 7.89. The van der Waals surface area contributed by atoms with E-state index in [1.54, 1.807) is 0 Å². The van der Waals surface area contributed by atoms with Crippen LogP contribution in [0.4, 0.5) is 0 Å². The number of nitrogens with zero attached hydrogens (tertiary/aromatic N) is 2. The highest BCUT2D eigenvalue weighted by atomic mass is 32.2. The van der Waals surface area contributed by atoms with E-state index in [2.05, 4.69) is 5.32 Å². The molecule has 0 saturated heterocycles. The number of carbonyl (C=O) groups excluding carboxylic acids is 2. The molecule has 2 heterocycles. The first-order chi connectivity index (χ1) is 16.0. The zero-order chi connectivity index (χ0) is 23.4. The number of allylic oxidation sites excluding steroid dienone is 1. The van der Waals surface area contributed by atoms with E-state index in [-0.39, 0.29) is 18.4 Å². The fourth-order valence-corrected chi connectivity index (χ4v) is 5.08.